The van der Waals surface area contributed by atoms with E-state index in [1.54, 1.807) is 42.5 Å². The van der Waals surface area contributed by atoms with Crippen molar-refractivity contribution in [2.45, 2.75) is 51.7 Å². The van der Waals surface area contributed by atoms with Gasteiger partial charge in [0, 0.05) is 17.0 Å². The van der Waals surface area contributed by atoms with E-state index in [-0.39, 0.29) is 35.9 Å². The number of rotatable bonds is 10. The molecular formula is C31H33F3O3. The van der Waals surface area contributed by atoms with Gasteiger partial charge in [0.25, 0.3) is 0 Å². The molecule has 0 amide bonds. The molecule has 0 saturated carbocycles. The highest BCUT2D eigenvalue weighted by Crippen LogP contribution is 2.33. The highest BCUT2D eigenvalue weighted by molar-refractivity contribution is 5.71. The summed E-state index contributed by atoms with van der Waals surface area (Å²) in [6, 6.07) is 14.8. The predicted molar refractivity (Wildman–Crippen MR) is 140 cm³/mol. The molecule has 3 aromatic rings. The standard InChI is InChI=1S/C31H33F3O3/c1-3-5-7-8-29-36-19-24(20-37-29)23-13-14-25(27(32)18-23)21-9-11-22(12-10-21)26-15-16-28(31(34)30(26)33)35-17-6-4-2/h4,6,9-16,18,24,29H,3,5,7-8,17,19-20H2,1-2H3. The lowest BCUT2D eigenvalue weighted by Gasteiger charge is -2.30. The first-order valence-electron chi connectivity index (χ1n) is 12.9. The molecule has 4 rings (SSSR count). The molecule has 0 aromatic heterocycles. The van der Waals surface area contributed by atoms with Gasteiger partial charge in [-0.25, -0.2) is 8.78 Å². The SMILES string of the molecule is CC=CCOc1ccc(-c2ccc(-c3ccc(C4COC(CCCCC)OC4)cc3F)cc2)c(F)c1F. The first kappa shape index (κ1) is 27.0. The van der Waals surface area contributed by atoms with E-state index in [4.69, 9.17) is 14.2 Å². The molecule has 6 heteroatoms. The van der Waals surface area contributed by atoms with Crippen LogP contribution in [0.15, 0.2) is 66.7 Å². The molecule has 0 aliphatic carbocycles. The number of hydrogen-bond donors (Lipinski definition) is 0. The molecule has 0 radical (unpaired) electrons. The van der Waals surface area contributed by atoms with E-state index in [2.05, 4.69) is 6.92 Å². The van der Waals surface area contributed by atoms with Crippen molar-refractivity contribution in [3.63, 3.8) is 0 Å². The fourth-order valence-electron chi connectivity index (χ4n) is 4.41. The van der Waals surface area contributed by atoms with E-state index in [1.165, 1.54) is 18.2 Å². The zero-order valence-corrected chi connectivity index (χ0v) is 21.3. The fourth-order valence-corrected chi connectivity index (χ4v) is 4.41. The predicted octanol–water partition coefficient (Wildman–Crippen LogP) is 8.43. The van der Waals surface area contributed by atoms with Gasteiger partial charge in [-0.3, -0.25) is 0 Å². The van der Waals surface area contributed by atoms with E-state index < -0.39 is 11.6 Å². The van der Waals surface area contributed by atoms with Gasteiger partial charge in [-0.15, -0.1) is 0 Å². The van der Waals surface area contributed by atoms with E-state index in [0.29, 0.717) is 29.9 Å². The summed E-state index contributed by atoms with van der Waals surface area (Å²) in [4.78, 5) is 0. The Bertz CT molecular complexity index is 1200. The largest absolute Gasteiger partial charge is 0.486 e. The Morgan fingerprint density at radius 1 is 0.865 bits per heavy atom. The third-order valence-electron chi connectivity index (χ3n) is 6.60. The van der Waals surface area contributed by atoms with Crippen LogP contribution in [-0.4, -0.2) is 26.1 Å². The second-order valence-corrected chi connectivity index (χ2v) is 9.22. The summed E-state index contributed by atoms with van der Waals surface area (Å²) in [5.74, 6) is -2.52. The highest BCUT2D eigenvalue weighted by atomic mass is 19.2. The second-order valence-electron chi connectivity index (χ2n) is 9.22. The van der Waals surface area contributed by atoms with Crippen molar-refractivity contribution in [3.05, 3.63) is 89.8 Å². The van der Waals surface area contributed by atoms with Crippen LogP contribution < -0.4 is 4.74 Å². The molecule has 1 aliphatic rings. The van der Waals surface area contributed by atoms with Crippen molar-refractivity contribution in [2.24, 2.45) is 0 Å². The lowest BCUT2D eigenvalue weighted by molar-refractivity contribution is -0.190. The van der Waals surface area contributed by atoms with Gasteiger partial charge < -0.3 is 14.2 Å². The van der Waals surface area contributed by atoms with Crippen molar-refractivity contribution in [1.82, 2.24) is 0 Å². The number of halogens is 3. The number of hydrogen-bond acceptors (Lipinski definition) is 3. The Morgan fingerprint density at radius 2 is 1.54 bits per heavy atom. The van der Waals surface area contributed by atoms with Crippen LogP contribution in [0.5, 0.6) is 5.75 Å². The number of benzene rings is 3. The maximum atomic E-state index is 15.1. The summed E-state index contributed by atoms with van der Waals surface area (Å²) in [5.41, 5.74) is 2.52. The molecule has 3 nitrogen and oxygen atoms in total. The summed E-state index contributed by atoms with van der Waals surface area (Å²) in [6.07, 6.45) is 7.57. The third-order valence-corrected chi connectivity index (χ3v) is 6.60. The second kappa shape index (κ2) is 12.9. The van der Waals surface area contributed by atoms with Gasteiger partial charge in [0.2, 0.25) is 5.82 Å². The molecule has 0 bridgehead atoms. The van der Waals surface area contributed by atoms with Crippen molar-refractivity contribution in [1.29, 1.82) is 0 Å². The van der Waals surface area contributed by atoms with Gasteiger partial charge in [0.15, 0.2) is 17.9 Å². The molecule has 1 fully saturated rings. The molecule has 1 saturated heterocycles. The van der Waals surface area contributed by atoms with Crippen LogP contribution in [0.4, 0.5) is 13.2 Å². The van der Waals surface area contributed by atoms with Crippen LogP contribution >= 0.6 is 0 Å². The van der Waals surface area contributed by atoms with Crippen molar-refractivity contribution >= 4 is 0 Å². The Labute approximate surface area is 216 Å². The van der Waals surface area contributed by atoms with Gasteiger partial charge in [0.1, 0.15) is 12.4 Å². The first-order chi connectivity index (χ1) is 18.0. The third kappa shape index (κ3) is 6.62. The molecule has 196 valence electrons. The lowest BCUT2D eigenvalue weighted by atomic mass is 9.95. The quantitative estimate of drug-likeness (QED) is 0.202. The molecule has 0 spiro atoms. The Morgan fingerprint density at radius 3 is 2.19 bits per heavy atom. The van der Waals surface area contributed by atoms with Crippen LogP contribution in [-0.2, 0) is 9.47 Å². The summed E-state index contributed by atoms with van der Waals surface area (Å²) in [7, 11) is 0. The minimum atomic E-state index is -1.03. The monoisotopic (exact) mass is 510 g/mol. The maximum absolute atomic E-state index is 15.1. The molecule has 0 unspecified atom stereocenters. The van der Waals surface area contributed by atoms with E-state index >= 15 is 4.39 Å². The minimum Gasteiger partial charge on any atom is -0.486 e. The maximum Gasteiger partial charge on any atom is 0.201 e. The average Bonchev–Trinajstić information content (AvgIpc) is 2.92. The minimum absolute atomic E-state index is 0.0174. The molecule has 1 heterocycles. The van der Waals surface area contributed by atoms with Gasteiger partial charge in [-0.2, -0.15) is 4.39 Å². The van der Waals surface area contributed by atoms with Crippen LogP contribution in [0.25, 0.3) is 22.3 Å². The number of ether oxygens (including phenoxy) is 3. The van der Waals surface area contributed by atoms with Crippen LogP contribution in [0.3, 0.4) is 0 Å². The molecule has 0 atom stereocenters. The molecule has 0 N–H and O–H groups in total. The van der Waals surface area contributed by atoms with Gasteiger partial charge in [-0.1, -0.05) is 68.3 Å². The molecule has 37 heavy (non-hydrogen) atoms. The summed E-state index contributed by atoms with van der Waals surface area (Å²) >= 11 is 0. The molecular weight excluding hydrogens is 477 g/mol. The van der Waals surface area contributed by atoms with E-state index in [9.17, 15) is 8.78 Å². The van der Waals surface area contributed by atoms with E-state index in [1.807, 2.05) is 13.0 Å². The fraction of sp³-hybridized carbons (Fsp3) is 0.355. The Balaban J connectivity index is 1.43. The van der Waals surface area contributed by atoms with Crippen molar-refractivity contribution < 1.29 is 27.4 Å². The van der Waals surface area contributed by atoms with Gasteiger partial charge in [-0.05, 0) is 54.7 Å². The zero-order chi connectivity index (χ0) is 26.2. The number of unbranched alkanes of at least 4 members (excludes halogenated alkanes) is 2. The normalized spacial score (nSPS) is 17.9. The highest BCUT2D eigenvalue weighted by Gasteiger charge is 2.24. The van der Waals surface area contributed by atoms with Gasteiger partial charge >= 0.3 is 0 Å². The Kier molecular flexibility index (Phi) is 9.42. The van der Waals surface area contributed by atoms with Gasteiger partial charge in [0.05, 0.1) is 13.2 Å². The topological polar surface area (TPSA) is 27.7 Å². The zero-order valence-electron chi connectivity index (χ0n) is 21.3. The summed E-state index contributed by atoms with van der Waals surface area (Å²) in [5, 5.41) is 0. The molecule has 3 aromatic carbocycles. The lowest BCUT2D eigenvalue weighted by Crippen LogP contribution is -2.30. The van der Waals surface area contributed by atoms with Crippen LogP contribution in [0, 0.1) is 17.5 Å². The first-order valence-corrected chi connectivity index (χ1v) is 12.9. The smallest absolute Gasteiger partial charge is 0.201 e. The van der Waals surface area contributed by atoms with Crippen LogP contribution in [0.1, 0.15) is 51.0 Å². The number of allylic oxidation sites excluding steroid dienone is 1. The van der Waals surface area contributed by atoms with Crippen molar-refractivity contribution in [2.75, 3.05) is 19.8 Å². The van der Waals surface area contributed by atoms with Crippen LogP contribution in [0.2, 0.25) is 0 Å². The Hall–Kier alpha value is -3.09. The summed E-state index contributed by atoms with van der Waals surface area (Å²) in [6.45, 7) is 5.15. The van der Waals surface area contributed by atoms with Crippen molar-refractivity contribution in [3.8, 4) is 28.0 Å². The van der Waals surface area contributed by atoms with E-state index in [0.717, 1.165) is 31.2 Å². The summed E-state index contributed by atoms with van der Waals surface area (Å²) < 4.78 is 61.2. The average molecular weight is 511 g/mol. The molecule has 1 aliphatic heterocycles.